The summed E-state index contributed by atoms with van der Waals surface area (Å²) in [5, 5.41) is 3.21. The van der Waals surface area contributed by atoms with Crippen LogP contribution in [0, 0.1) is 0 Å². The predicted molar refractivity (Wildman–Crippen MR) is 181 cm³/mol. The fourth-order valence-corrected chi connectivity index (χ4v) is 6.01. The Labute approximate surface area is 284 Å². The number of carbonyl (C=O) groups excluding carboxylic acids is 3. The second-order valence-electron chi connectivity index (χ2n) is 12.7. The summed E-state index contributed by atoms with van der Waals surface area (Å²) in [7, 11) is 0. The first kappa shape index (κ1) is 38.1. The Balaban J connectivity index is 2.02. The van der Waals surface area contributed by atoms with E-state index in [1.54, 1.807) is 38.7 Å². The molecule has 0 unspecified atom stereocenters. The van der Waals surface area contributed by atoms with Gasteiger partial charge in [-0.05, 0) is 73.9 Å². The van der Waals surface area contributed by atoms with Crippen molar-refractivity contribution < 1.29 is 38.1 Å². The molecule has 0 bridgehead atoms. The van der Waals surface area contributed by atoms with Gasteiger partial charge in [-0.1, -0.05) is 41.9 Å². The van der Waals surface area contributed by atoms with Crippen LogP contribution in [0.25, 0.3) is 0 Å². The van der Waals surface area contributed by atoms with Crippen molar-refractivity contribution in [1.82, 2.24) is 10.2 Å². The van der Waals surface area contributed by atoms with Crippen LogP contribution in [0.1, 0.15) is 109 Å². The van der Waals surface area contributed by atoms with E-state index in [4.69, 9.17) is 35.3 Å². The smallest absolute Gasteiger partial charge is 0.332 e. The molecule has 1 N–H and O–H groups in total. The molecule has 1 aliphatic carbocycles. The number of esters is 1. The number of ether oxygens (including phenoxy) is 5. The summed E-state index contributed by atoms with van der Waals surface area (Å²) in [5.74, 6) is -0.263. The van der Waals surface area contributed by atoms with Gasteiger partial charge in [-0.25, -0.2) is 9.59 Å². The van der Waals surface area contributed by atoms with Gasteiger partial charge < -0.3 is 33.9 Å². The molecule has 3 rings (SSSR count). The van der Waals surface area contributed by atoms with Gasteiger partial charge in [0, 0.05) is 31.6 Å². The second kappa shape index (κ2) is 16.7. The molecule has 2 amide bonds. The quantitative estimate of drug-likeness (QED) is 0.144. The van der Waals surface area contributed by atoms with Crippen molar-refractivity contribution in [2.45, 2.75) is 105 Å². The maximum Gasteiger partial charge on any atom is 0.332 e. The van der Waals surface area contributed by atoms with Crippen LogP contribution in [-0.4, -0.2) is 72.9 Å². The Hall–Kier alpha value is -3.34. The van der Waals surface area contributed by atoms with Crippen LogP contribution < -0.4 is 14.8 Å². The maximum atomic E-state index is 14.3. The van der Waals surface area contributed by atoms with Gasteiger partial charge in [0.15, 0.2) is 11.5 Å². The molecule has 0 spiro atoms. The summed E-state index contributed by atoms with van der Waals surface area (Å²) in [6, 6.07) is 10.3. The summed E-state index contributed by atoms with van der Waals surface area (Å²) >= 11 is 6.95. The summed E-state index contributed by atoms with van der Waals surface area (Å²) in [6.07, 6.45) is 0.144. The number of benzene rings is 2. The first-order valence-electron chi connectivity index (χ1n) is 16.4. The van der Waals surface area contributed by atoms with Gasteiger partial charge in [-0.3, -0.25) is 4.79 Å². The molecule has 10 nitrogen and oxygen atoms in total. The molecule has 1 saturated carbocycles. The highest BCUT2D eigenvalue weighted by Crippen LogP contribution is 2.43. The van der Waals surface area contributed by atoms with E-state index < -0.39 is 29.2 Å². The second-order valence-corrected chi connectivity index (χ2v) is 13.1. The molecule has 0 radical (unpaired) electrons. The lowest BCUT2D eigenvalue weighted by Gasteiger charge is -2.47. The first-order valence-corrected chi connectivity index (χ1v) is 16.8. The monoisotopic (exact) mass is 674 g/mol. The van der Waals surface area contributed by atoms with Gasteiger partial charge in [0.25, 0.3) is 0 Å². The highest BCUT2D eigenvalue weighted by Gasteiger charge is 2.54. The zero-order valence-corrected chi connectivity index (χ0v) is 30.0. The number of amides is 2. The van der Waals surface area contributed by atoms with E-state index in [1.165, 1.54) is 6.92 Å². The molecule has 0 saturated heterocycles. The number of Topliss-reactive ketones (excluding diaryl/α,β-unsaturated/α-hetero) is 1. The van der Waals surface area contributed by atoms with Crippen molar-refractivity contribution in [2.75, 3.05) is 33.0 Å². The number of hydrogen-bond donors (Lipinski definition) is 1. The number of nitrogens with zero attached hydrogens (tertiary/aromatic N) is 1. The number of ketones is 1. The Morgan fingerprint density at radius 2 is 1.66 bits per heavy atom. The minimum atomic E-state index is -1.27. The van der Waals surface area contributed by atoms with Crippen molar-refractivity contribution >= 4 is 29.4 Å². The average molecular weight is 675 g/mol. The van der Waals surface area contributed by atoms with Crippen LogP contribution in [-0.2, 0) is 19.0 Å². The van der Waals surface area contributed by atoms with Crippen molar-refractivity contribution in [2.24, 2.45) is 0 Å². The van der Waals surface area contributed by atoms with E-state index in [0.717, 1.165) is 5.56 Å². The molecular formula is C36H51ClN2O8. The number of urea groups is 1. The fourth-order valence-electron chi connectivity index (χ4n) is 5.65. The van der Waals surface area contributed by atoms with Crippen molar-refractivity contribution in [3.8, 4) is 11.5 Å². The maximum absolute atomic E-state index is 14.3. The third-order valence-corrected chi connectivity index (χ3v) is 8.38. The van der Waals surface area contributed by atoms with E-state index in [9.17, 15) is 14.4 Å². The Morgan fingerprint density at radius 3 is 2.21 bits per heavy atom. The van der Waals surface area contributed by atoms with Crippen LogP contribution in [0.4, 0.5) is 4.79 Å². The van der Waals surface area contributed by atoms with E-state index in [-0.39, 0.29) is 66.9 Å². The SMILES string of the molecule is CCOc1cc([C@@H](C)N(CCO[C@@H](C)c2ccccc2)C(=O)NC2(C(=O)OC(C)(C)C)CC(OCC)C2)c(Cl)c(OCC)c1C(C)=O. The molecular weight excluding hydrogens is 624 g/mol. The Kier molecular flexibility index (Phi) is 13.5. The molecule has 0 aromatic heterocycles. The zero-order valence-electron chi connectivity index (χ0n) is 29.2. The molecule has 260 valence electrons. The minimum Gasteiger partial charge on any atom is -0.493 e. The topological polar surface area (TPSA) is 113 Å². The Morgan fingerprint density at radius 1 is 1.02 bits per heavy atom. The molecule has 1 fully saturated rings. The van der Waals surface area contributed by atoms with Crippen LogP contribution >= 0.6 is 11.6 Å². The highest BCUT2D eigenvalue weighted by molar-refractivity contribution is 6.33. The number of hydrogen-bond acceptors (Lipinski definition) is 8. The van der Waals surface area contributed by atoms with E-state index in [0.29, 0.717) is 24.5 Å². The lowest BCUT2D eigenvalue weighted by atomic mass is 9.74. The number of nitrogens with one attached hydrogen (secondary N) is 1. The average Bonchev–Trinajstić information content (AvgIpc) is 2.98. The molecule has 1 aliphatic rings. The van der Waals surface area contributed by atoms with E-state index >= 15 is 0 Å². The van der Waals surface area contributed by atoms with Crippen LogP contribution in [0.2, 0.25) is 5.02 Å². The summed E-state index contributed by atoms with van der Waals surface area (Å²) in [6.45, 7) is 17.5. The number of carbonyl (C=O) groups is 3. The largest absolute Gasteiger partial charge is 0.493 e. The van der Waals surface area contributed by atoms with Crippen LogP contribution in [0.3, 0.4) is 0 Å². The molecule has 2 aromatic carbocycles. The standard InChI is InChI=1S/C36H51ClN2O8/c1-10-43-27-21-36(22-27,33(41)47-35(7,8)9)38-34(42)39(18-19-46-25(6)26-16-14-13-15-17-26)23(4)28-20-29(44-11-2)30(24(5)40)32(31(28)37)45-12-3/h13-17,20,23,25,27H,10-12,18-19,21-22H2,1-9H3,(H,38,42)/t23-,25+,27?,36?/m1/s1. The zero-order chi connectivity index (χ0) is 34.9. The minimum absolute atomic E-state index is 0.155. The lowest BCUT2D eigenvalue weighted by Crippen LogP contribution is -2.67. The number of rotatable bonds is 16. The summed E-state index contributed by atoms with van der Waals surface area (Å²) in [4.78, 5) is 42.1. The van der Waals surface area contributed by atoms with Gasteiger partial charge in [0.1, 0.15) is 22.5 Å². The summed E-state index contributed by atoms with van der Waals surface area (Å²) in [5.41, 5.74) is -0.261. The molecule has 47 heavy (non-hydrogen) atoms. The molecule has 2 aromatic rings. The van der Waals surface area contributed by atoms with Crippen molar-refractivity contribution in [3.63, 3.8) is 0 Å². The summed E-state index contributed by atoms with van der Waals surface area (Å²) < 4.78 is 29.4. The van der Waals surface area contributed by atoms with Crippen molar-refractivity contribution in [3.05, 3.63) is 58.1 Å². The number of halogens is 1. The van der Waals surface area contributed by atoms with Gasteiger partial charge in [0.2, 0.25) is 0 Å². The third-order valence-electron chi connectivity index (χ3n) is 7.99. The van der Waals surface area contributed by atoms with Crippen LogP contribution in [0.5, 0.6) is 11.5 Å². The van der Waals surface area contributed by atoms with Crippen LogP contribution in [0.15, 0.2) is 36.4 Å². The molecule has 0 aliphatic heterocycles. The van der Waals surface area contributed by atoms with E-state index in [2.05, 4.69) is 5.32 Å². The normalized spacial score (nSPS) is 18.8. The first-order chi connectivity index (χ1) is 22.2. The fraction of sp³-hybridized carbons (Fsp3) is 0.583. The van der Waals surface area contributed by atoms with Gasteiger partial charge in [0.05, 0.1) is 43.1 Å². The van der Waals surface area contributed by atoms with E-state index in [1.807, 2.05) is 58.0 Å². The highest BCUT2D eigenvalue weighted by atomic mass is 35.5. The Bertz CT molecular complexity index is 1370. The van der Waals surface area contributed by atoms with Crippen molar-refractivity contribution in [1.29, 1.82) is 0 Å². The third kappa shape index (κ3) is 9.61. The molecule has 11 heteroatoms. The molecule has 2 atom stereocenters. The van der Waals surface area contributed by atoms with Gasteiger partial charge >= 0.3 is 12.0 Å². The molecule has 0 heterocycles. The van der Waals surface area contributed by atoms with Gasteiger partial charge in [-0.2, -0.15) is 0 Å². The van der Waals surface area contributed by atoms with Gasteiger partial charge in [-0.15, -0.1) is 0 Å². The lowest BCUT2D eigenvalue weighted by molar-refractivity contribution is -0.174. The predicted octanol–water partition coefficient (Wildman–Crippen LogP) is 7.47.